The first-order chi connectivity index (χ1) is 16.2. The van der Waals surface area contributed by atoms with Crippen molar-refractivity contribution in [3.63, 3.8) is 0 Å². The van der Waals surface area contributed by atoms with E-state index in [1.165, 1.54) is 11.1 Å². The second kappa shape index (κ2) is 8.46. The molecule has 0 unspecified atom stereocenters. The summed E-state index contributed by atoms with van der Waals surface area (Å²) in [7, 11) is 0.418. The summed E-state index contributed by atoms with van der Waals surface area (Å²) in [5, 5.41) is 12.6. The van der Waals surface area contributed by atoms with E-state index in [1.807, 2.05) is 26.0 Å². The van der Waals surface area contributed by atoms with Gasteiger partial charge in [0.25, 0.3) is 0 Å². The summed E-state index contributed by atoms with van der Waals surface area (Å²) in [5.74, 6) is 0. The van der Waals surface area contributed by atoms with Crippen LogP contribution in [0.5, 0.6) is 0 Å². The Morgan fingerprint density at radius 2 is 1.44 bits per heavy atom. The molecule has 170 valence electrons. The van der Waals surface area contributed by atoms with Crippen LogP contribution >= 0.6 is 0 Å². The smallest absolute Gasteiger partial charge is 0.309 e. The standard InChI is InChI=1S/C30H29BO3/c1-29(2,32)30(3,4)34-31-23-13-8-12-22(18-23)24-14-9-15-25-26-19-21(20-10-6-5-7-11-20)16-17-27(26)33-28(24)25/h5-19,31-32H,1-4H3. The van der Waals surface area contributed by atoms with Gasteiger partial charge in [-0.15, -0.1) is 0 Å². The summed E-state index contributed by atoms with van der Waals surface area (Å²) in [4.78, 5) is 0. The van der Waals surface area contributed by atoms with Crippen LogP contribution in [0, 0.1) is 0 Å². The maximum Gasteiger partial charge on any atom is 0.309 e. The number of rotatable bonds is 6. The molecule has 1 aromatic heterocycles. The average molecular weight is 448 g/mol. The van der Waals surface area contributed by atoms with E-state index < -0.39 is 11.2 Å². The fourth-order valence-corrected chi connectivity index (χ4v) is 4.10. The highest BCUT2D eigenvalue weighted by Gasteiger charge is 2.35. The summed E-state index contributed by atoms with van der Waals surface area (Å²) in [5.41, 5.74) is 5.71. The number of hydrogen-bond acceptors (Lipinski definition) is 3. The lowest BCUT2D eigenvalue weighted by atomic mass is 9.81. The summed E-state index contributed by atoms with van der Waals surface area (Å²) >= 11 is 0. The van der Waals surface area contributed by atoms with E-state index in [0.29, 0.717) is 7.48 Å². The second-order valence-corrected chi connectivity index (χ2v) is 9.92. The molecule has 0 saturated carbocycles. The van der Waals surface area contributed by atoms with Gasteiger partial charge in [0.15, 0.2) is 0 Å². The van der Waals surface area contributed by atoms with Crippen molar-refractivity contribution < 1.29 is 14.2 Å². The van der Waals surface area contributed by atoms with Crippen molar-refractivity contribution in [2.75, 3.05) is 0 Å². The zero-order valence-electron chi connectivity index (χ0n) is 20.1. The third-order valence-electron chi connectivity index (χ3n) is 6.91. The van der Waals surface area contributed by atoms with E-state index in [2.05, 4.69) is 78.9 Å². The van der Waals surface area contributed by atoms with Gasteiger partial charge in [-0.1, -0.05) is 84.3 Å². The van der Waals surface area contributed by atoms with Gasteiger partial charge >= 0.3 is 7.48 Å². The zero-order valence-corrected chi connectivity index (χ0v) is 20.1. The minimum Gasteiger partial charge on any atom is -0.455 e. The SMILES string of the molecule is CC(C)(O)C(C)(C)OBc1cccc(-c2cccc3c2oc2ccc(-c4ccccc4)cc23)c1. The molecule has 0 spiro atoms. The van der Waals surface area contributed by atoms with E-state index in [-0.39, 0.29) is 0 Å². The summed E-state index contributed by atoms with van der Waals surface area (Å²) in [6, 6.07) is 31.4. The average Bonchev–Trinajstić information content (AvgIpc) is 3.21. The van der Waals surface area contributed by atoms with Crippen molar-refractivity contribution >= 4 is 34.9 Å². The van der Waals surface area contributed by atoms with Crippen LogP contribution in [0.1, 0.15) is 27.7 Å². The van der Waals surface area contributed by atoms with Gasteiger partial charge in [-0.25, -0.2) is 0 Å². The highest BCUT2D eigenvalue weighted by atomic mass is 16.5. The van der Waals surface area contributed by atoms with Gasteiger partial charge in [-0.3, -0.25) is 0 Å². The van der Waals surface area contributed by atoms with Gasteiger partial charge in [0, 0.05) is 16.3 Å². The van der Waals surface area contributed by atoms with Crippen molar-refractivity contribution in [1.29, 1.82) is 0 Å². The largest absolute Gasteiger partial charge is 0.455 e. The van der Waals surface area contributed by atoms with Crippen LogP contribution in [0.3, 0.4) is 0 Å². The molecule has 4 heteroatoms. The van der Waals surface area contributed by atoms with E-state index in [4.69, 9.17) is 9.07 Å². The Labute approximate surface area is 201 Å². The third-order valence-corrected chi connectivity index (χ3v) is 6.91. The molecule has 0 fully saturated rings. The van der Waals surface area contributed by atoms with E-state index >= 15 is 0 Å². The molecule has 5 aromatic rings. The van der Waals surface area contributed by atoms with Crippen molar-refractivity contribution in [2.24, 2.45) is 0 Å². The summed E-state index contributed by atoms with van der Waals surface area (Å²) in [6.07, 6.45) is 0. The Bertz CT molecular complexity index is 1460. The number of benzene rings is 4. The first-order valence-corrected chi connectivity index (χ1v) is 11.7. The molecule has 0 aliphatic heterocycles. The molecule has 0 aliphatic rings. The molecule has 34 heavy (non-hydrogen) atoms. The number of hydrogen-bond donors (Lipinski definition) is 1. The number of furan rings is 1. The van der Waals surface area contributed by atoms with Crippen LogP contribution in [0.4, 0.5) is 0 Å². The Morgan fingerprint density at radius 3 is 2.21 bits per heavy atom. The second-order valence-electron chi connectivity index (χ2n) is 9.92. The van der Waals surface area contributed by atoms with Crippen LogP contribution in [-0.4, -0.2) is 23.8 Å². The topological polar surface area (TPSA) is 42.6 Å². The van der Waals surface area contributed by atoms with Crippen molar-refractivity contribution in [3.05, 3.63) is 91.0 Å². The van der Waals surface area contributed by atoms with E-state index in [0.717, 1.165) is 38.5 Å². The van der Waals surface area contributed by atoms with Crippen molar-refractivity contribution in [3.8, 4) is 22.3 Å². The first kappa shape index (κ1) is 22.5. The molecule has 0 amide bonds. The zero-order chi connectivity index (χ0) is 23.9. The fourth-order valence-electron chi connectivity index (χ4n) is 4.10. The van der Waals surface area contributed by atoms with Crippen LogP contribution in [0.2, 0.25) is 0 Å². The maximum atomic E-state index is 10.4. The molecule has 0 saturated heterocycles. The first-order valence-electron chi connectivity index (χ1n) is 11.7. The van der Waals surface area contributed by atoms with Gasteiger partial charge in [0.2, 0.25) is 0 Å². The number of aliphatic hydroxyl groups is 1. The van der Waals surface area contributed by atoms with Gasteiger partial charge < -0.3 is 14.2 Å². The molecular formula is C30H29BO3. The lowest BCUT2D eigenvalue weighted by Gasteiger charge is -2.37. The van der Waals surface area contributed by atoms with Crippen LogP contribution in [0.15, 0.2) is 95.4 Å². The highest BCUT2D eigenvalue weighted by molar-refractivity contribution is 6.47. The summed E-state index contributed by atoms with van der Waals surface area (Å²) in [6.45, 7) is 7.37. The quantitative estimate of drug-likeness (QED) is 0.303. The molecule has 1 heterocycles. The monoisotopic (exact) mass is 448 g/mol. The number of fused-ring (bicyclic) bond motifs is 3. The maximum absolute atomic E-state index is 10.4. The van der Waals surface area contributed by atoms with Gasteiger partial charge in [-0.05, 0) is 56.5 Å². The Kier molecular flexibility index (Phi) is 5.59. The Morgan fingerprint density at radius 1 is 0.706 bits per heavy atom. The molecule has 0 atom stereocenters. The highest BCUT2D eigenvalue weighted by Crippen LogP contribution is 2.37. The van der Waals surface area contributed by atoms with E-state index in [1.54, 1.807) is 13.8 Å². The molecule has 3 nitrogen and oxygen atoms in total. The predicted molar refractivity (Wildman–Crippen MR) is 143 cm³/mol. The minimum atomic E-state index is -0.941. The number of para-hydroxylation sites is 1. The molecular weight excluding hydrogens is 419 g/mol. The van der Waals surface area contributed by atoms with Crippen LogP contribution < -0.4 is 5.46 Å². The molecule has 1 N–H and O–H groups in total. The molecule has 4 aromatic carbocycles. The predicted octanol–water partition coefficient (Wildman–Crippen LogP) is 6.46. The Balaban J connectivity index is 1.53. The lowest BCUT2D eigenvalue weighted by Crippen LogP contribution is -2.49. The van der Waals surface area contributed by atoms with Crippen LogP contribution in [0.25, 0.3) is 44.2 Å². The normalized spacial score (nSPS) is 12.4. The molecule has 0 bridgehead atoms. The van der Waals surface area contributed by atoms with Gasteiger partial charge in [-0.2, -0.15) is 0 Å². The van der Waals surface area contributed by atoms with Gasteiger partial charge in [0.05, 0.1) is 11.2 Å². The third kappa shape index (κ3) is 4.15. The molecule has 0 aliphatic carbocycles. The minimum absolute atomic E-state index is 0.418. The molecule has 0 radical (unpaired) electrons. The van der Waals surface area contributed by atoms with E-state index in [9.17, 15) is 5.11 Å². The van der Waals surface area contributed by atoms with Crippen molar-refractivity contribution in [1.82, 2.24) is 0 Å². The van der Waals surface area contributed by atoms with Gasteiger partial charge in [0.1, 0.15) is 11.2 Å². The Hall–Kier alpha value is -3.34. The van der Waals surface area contributed by atoms with Crippen LogP contribution in [-0.2, 0) is 4.65 Å². The lowest BCUT2D eigenvalue weighted by molar-refractivity contribution is -0.0893. The summed E-state index contributed by atoms with van der Waals surface area (Å²) < 4.78 is 12.5. The fraction of sp³-hybridized carbons (Fsp3) is 0.200. The van der Waals surface area contributed by atoms with Crippen molar-refractivity contribution in [2.45, 2.75) is 38.9 Å². The molecule has 5 rings (SSSR count).